The van der Waals surface area contributed by atoms with Crippen LogP contribution >= 0.6 is 68.7 Å². The molecule has 150 valence electrons. The summed E-state index contributed by atoms with van der Waals surface area (Å²) >= 11 is 21.7. The van der Waals surface area contributed by atoms with Gasteiger partial charge in [0.1, 0.15) is 21.3 Å². The molecule has 3 aromatic rings. The van der Waals surface area contributed by atoms with Crippen molar-refractivity contribution in [1.29, 1.82) is 0 Å². The second-order valence-corrected chi connectivity index (χ2v) is 8.97. The van der Waals surface area contributed by atoms with Gasteiger partial charge in [0.05, 0.1) is 22.7 Å². The van der Waals surface area contributed by atoms with Crippen LogP contribution in [0.15, 0.2) is 35.7 Å². The van der Waals surface area contributed by atoms with Crippen LogP contribution in [0.25, 0.3) is 11.1 Å². The Morgan fingerprint density at radius 1 is 1.10 bits per heavy atom. The van der Waals surface area contributed by atoms with Gasteiger partial charge in [-0.15, -0.1) is 11.3 Å². The largest absolute Gasteiger partial charge is 0.495 e. The van der Waals surface area contributed by atoms with Gasteiger partial charge in [0.25, 0.3) is 5.91 Å². The second kappa shape index (κ2) is 9.09. The zero-order valence-corrected chi connectivity index (χ0v) is 19.8. The fraction of sp³-hybridized carbons (Fsp3) is 0.0526. The molecular weight excluding hydrogens is 572 g/mol. The fourth-order valence-corrected chi connectivity index (χ4v) is 4.75. The number of carbonyl (C=O) groups excluding carboxylic acids is 1. The van der Waals surface area contributed by atoms with Crippen LogP contribution in [-0.2, 0) is 0 Å². The van der Waals surface area contributed by atoms with E-state index in [0.29, 0.717) is 5.56 Å². The number of carboxylic acids is 1. The molecule has 0 spiro atoms. The Hall–Kier alpha value is -1.52. The van der Waals surface area contributed by atoms with E-state index in [1.54, 1.807) is 5.38 Å². The molecule has 1 heterocycles. The van der Waals surface area contributed by atoms with Crippen molar-refractivity contribution < 1.29 is 19.4 Å². The number of hydrogen-bond donors (Lipinski definition) is 2. The molecule has 10 heteroatoms. The summed E-state index contributed by atoms with van der Waals surface area (Å²) in [6.07, 6.45) is 0. The van der Waals surface area contributed by atoms with E-state index in [1.165, 1.54) is 13.2 Å². The Kier molecular flexibility index (Phi) is 6.95. The van der Waals surface area contributed by atoms with Gasteiger partial charge in [0, 0.05) is 20.6 Å². The zero-order chi connectivity index (χ0) is 21.3. The van der Waals surface area contributed by atoms with Crippen LogP contribution in [0.2, 0.25) is 15.1 Å². The lowest BCUT2D eigenvalue weighted by Crippen LogP contribution is -2.15. The van der Waals surface area contributed by atoms with E-state index in [-0.39, 0.29) is 36.9 Å². The SMILES string of the molecule is COc1cc(Cl)c(C(=O)Nc2scc(-c3ccc(I)cc3)c2C(=O)O)c(Cl)c1Cl. The molecule has 0 radical (unpaired) electrons. The lowest BCUT2D eigenvalue weighted by atomic mass is 10.0. The molecule has 0 bridgehead atoms. The number of ether oxygens (including phenoxy) is 1. The van der Waals surface area contributed by atoms with E-state index < -0.39 is 11.9 Å². The van der Waals surface area contributed by atoms with Gasteiger partial charge in [-0.25, -0.2) is 4.79 Å². The molecular formula is C19H11Cl3INO4S. The van der Waals surface area contributed by atoms with Gasteiger partial charge >= 0.3 is 5.97 Å². The summed E-state index contributed by atoms with van der Waals surface area (Å²) in [5, 5.41) is 14.1. The number of benzene rings is 2. The normalized spacial score (nSPS) is 10.7. The molecule has 29 heavy (non-hydrogen) atoms. The van der Waals surface area contributed by atoms with Crippen molar-refractivity contribution in [3.05, 3.63) is 65.5 Å². The number of amides is 1. The Morgan fingerprint density at radius 2 is 1.76 bits per heavy atom. The molecule has 3 rings (SSSR count). The monoisotopic (exact) mass is 581 g/mol. The number of thiophene rings is 1. The third kappa shape index (κ3) is 4.49. The summed E-state index contributed by atoms with van der Waals surface area (Å²) < 4.78 is 6.08. The van der Waals surface area contributed by atoms with Gasteiger partial charge in [-0.2, -0.15) is 0 Å². The van der Waals surface area contributed by atoms with Crippen molar-refractivity contribution >= 4 is 85.6 Å². The van der Waals surface area contributed by atoms with Crippen LogP contribution in [0, 0.1) is 3.57 Å². The first kappa shape index (κ1) is 22.2. The smallest absolute Gasteiger partial charge is 0.339 e. The van der Waals surface area contributed by atoms with Crippen LogP contribution < -0.4 is 10.1 Å². The lowest BCUT2D eigenvalue weighted by Gasteiger charge is -2.12. The second-order valence-electron chi connectivity index (χ2n) is 5.68. The minimum absolute atomic E-state index is 0.0172. The first-order valence-corrected chi connectivity index (χ1v) is 11.0. The van der Waals surface area contributed by atoms with Crippen LogP contribution in [-0.4, -0.2) is 24.1 Å². The summed E-state index contributed by atoms with van der Waals surface area (Å²) in [4.78, 5) is 24.7. The van der Waals surface area contributed by atoms with Gasteiger partial charge in [-0.3, -0.25) is 4.79 Å². The third-order valence-corrected chi connectivity index (χ3v) is 6.72. The number of methoxy groups -OCH3 is 1. The molecule has 0 fully saturated rings. The predicted molar refractivity (Wildman–Crippen MR) is 125 cm³/mol. The minimum atomic E-state index is -1.17. The maximum atomic E-state index is 12.8. The zero-order valence-electron chi connectivity index (χ0n) is 14.6. The van der Waals surface area contributed by atoms with Crippen molar-refractivity contribution in [1.82, 2.24) is 0 Å². The fourth-order valence-electron chi connectivity index (χ4n) is 2.60. The molecule has 1 amide bonds. The lowest BCUT2D eigenvalue weighted by molar-refractivity contribution is 0.0699. The molecule has 0 unspecified atom stereocenters. The molecule has 2 aromatic carbocycles. The first-order chi connectivity index (χ1) is 13.7. The molecule has 0 aliphatic rings. The Balaban J connectivity index is 2.01. The van der Waals surface area contributed by atoms with E-state index in [4.69, 9.17) is 39.5 Å². The predicted octanol–water partition coefficient (Wildman–Crippen LogP) is 6.94. The molecule has 2 N–H and O–H groups in total. The van der Waals surface area contributed by atoms with Crippen molar-refractivity contribution in [2.45, 2.75) is 0 Å². The third-order valence-electron chi connectivity index (χ3n) is 3.96. The molecule has 0 aliphatic heterocycles. The standard InChI is InChI=1S/C19H11Cl3INO4S/c1-28-12-6-11(20)14(16(22)15(12)21)17(25)24-18-13(19(26)27)10(7-29-18)8-2-4-9(23)5-3-8/h2-7H,1H3,(H,24,25)(H,26,27). The average Bonchev–Trinajstić information content (AvgIpc) is 3.09. The summed E-state index contributed by atoms with van der Waals surface area (Å²) in [6, 6.07) is 8.75. The molecule has 0 aliphatic carbocycles. The number of nitrogens with one attached hydrogen (secondary N) is 1. The van der Waals surface area contributed by atoms with E-state index in [2.05, 4.69) is 27.9 Å². The number of halogens is 4. The number of aromatic carboxylic acids is 1. The number of carboxylic acid groups (broad SMARTS) is 1. The first-order valence-electron chi connectivity index (χ1n) is 7.88. The number of anilines is 1. The quantitative estimate of drug-likeness (QED) is 0.253. The summed E-state index contributed by atoms with van der Waals surface area (Å²) in [6.45, 7) is 0. The number of hydrogen-bond acceptors (Lipinski definition) is 4. The number of carbonyl (C=O) groups is 2. The van der Waals surface area contributed by atoms with E-state index in [0.717, 1.165) is 20.5 Å². The Bertz CT molecular complexity index is 1120. The van der Waals surface area contributed by atoms with Crippen molar-refractivity contribution in [3.8, 4) is 16.9 Å². The van der Waals surface area contributed by atoms with Crippen LogP contribution in [0.3, 0.4) is 0 Å². The molecule has 0 saturated carbocycles. The maximum Gasteiger partial charge on any atom is 0.339 e. The molecule has 1 aromatic heterocycles. The van der Waals surface area contributed by atoms with Gasteiger partial charge in [0.15, 0.2) is 0 Å². The van der Waals surface area contributed by atoms with E-state index >= 15 is 0 Å². The topological polar surface area (TPSA) is 75.6 Å². The summed E-state index contributed by atoms with van der Waals surface area (Å²) in [5.74, 6) is -1.62. The van der Waals surface area contributed by atoms with Crippen LogP contribution in [0.4, 0.5) is 5.00 Å². The molecule has 0 atom stereocenters. The van der Waals surface area contributed by atoms with Gasteiger partial charge in [-0.05, 0) is 40.3 Å². The van der Waals surface area contributed by atoms with Gasteiger partial charge in [0.2, 0.25) is 0 Å². The van der Waals surface area contributed by atoms with Gasteiger partial charge < -0.3 is 15.2 Å². The summed E-state index contributed by atoms with van der Waals surface area (Å²) in [7, 11) is 1.39. The summed E-state index contributed by atoms with van der Waals surface area (Å²) in [5.41, 5.74) is 1.14. The highest BCUT2D eigenvalue weighted by Crippen LogP contribution is 2.41. The molecule has 0 saturated heterocycles. The Morgan fingerprint density at radius 3 is 2.34 bits per heavy atom. The van der Waals surface area contributed by atoms with Gasteiger partial charge in [-0.1, -0.05) is 46.9 Å². The number of rotatable bonds is 5. The Labute approximate surface area is 198 Å². The highest BCUT2D eigenvalue weighted by Gasteiger charge is 2.25. The molecule has 5 nitrogen and oxygen atoms in total. The minimum Gasteiger partial charge on any atom is -0.495 e. The van der Waals surface area contributed by atoms with Crippen molar-refractivity contribution in [2.75, 3.05) is 12.4 Å². The average molecular weight is 583 g/mol. The van der Waals surface area contributed by atoms with Crippen LogP contribution in [0.5, 0.6) is 5.75 Å². The highest BCUT2D eigenvalue weighted by molar-refractivity contribution is 14.1. The highest BCUT2D eigenvalue weighted by atomic mass is 127. The van der Waals surface area contributed by atoms with E-state index in [9.17, 15) is 14.7 Å². The van der Waals surface area contributed by atoms with Crippen LogP contribution in [0.1, 0.15) is 20.7 Å². The van der Waals surface area contributed by atoms with Crippen molar-refractivity contribution in [2.24, 2.45) is 0 Å². The van der Waals surface area contributed by atoms with Crippen molar-refractivity contribution in [3.63, 3.8) is 0 Å². The maximum absolute atomic E-state index is 12.8. The van der Waals surface area contributed by atoms with E-state index in [1.807, 2.05) is 24.3 Å².